The summed E-state index contributed by atoms with van der Waals surface area (Å²) in [5.41, 5.74) is 6.63. The summed E-state index contributed by atoms with van der Waals surface area (Å²) in [7, 11) is 0. The largest absolute Gasteiger partial charge is 0.489 e. The van der Waals surface area contributed by atoms with Crippen LogP contribution in [0.1, 0.15) is 59.1 Å². The fourth-order valence-corrected chi connectivity index (χ4v) is 8.25. The lowest BCUT2D eigenvalue weighted by atomic mass is 9.94. The van der Waals surface area contributed by atoms with Gasteiger partial charge in [0.1, 0.15) is 37.9 Å². The van der Waals surface area contributed by atoms with Crippen LogP contribution in [0.5, 0.6) is 11.5 Å². The molecule has 0 unspecified atom stereocenters. The molecule has 3 heterocycles. The number of carbonyl (C=O) groups is 4. The van der Waals surface area contributed by atoms with E-state index >= 15 is 0 Å². The van der Waals surface area contributed by atoms with Gasteiger partial charge in [-0.05, 0) is 96.2 Å². The van der Waals surface area contributed by atoms with Crippen LogP contribution in [-0.4, -0.2) is 77.8 Å². The van der Waals surface area contributed by atoms with Crippen molar-refractivity contribution in [3.05, 3.63) is 215 Å². The van der Waals surface area contributed by atoms with Gasteiger partial charge in [0, 0.05) is 42.0 Å². The second kappa shape index (κ2) is 31.0. The Labute approximate surface area is 442 Å². The summed E-state index contributed by atoms with van der Waals surface area (Å²) in [6.07, 6.45) is 3.68. The minimum atomic E-state index is -0.640. The van der Waals surface area contributed by atoms with Crippen LogP contribution >= 0.6 is 15.9 Å². The molecule has 0 aliphatic carbocycles. The van der Waals surface area contributed by atoms with E-state index in [4.69, 9.17) is 30.3 Å². The predicted octanol–water partition coefficient (Wildman–Crippen LogP) is 11.8. The van der Waals surface area contributed by atoms with Crippen molar-refractivity contribution in [1.82, 2.24) is 9.80 Å². The number of aryl methyl sites for hydroxylation is 1. The second-order valence-corrected chi connectivity index (χ2v) is 18.0. The molecule has 6 aromatic carbocycles. The topological polar surface area (TPSA) is 149 Å². The summed E-state index contributed by atoms with van der Waals surface area (Å²) >= 11 is 2.89. The lowest BCUT2D eigenvalue weighted by Crippen LogP contribution is -2.44. The molecule has 0 bridgehead atoms. The van der Waals surface area contributed by atoms with Crippen LogP contribution in [0, 0.1) is 23.8 Å². The van der Waals surface area contributed by atoms with Crippen LogP contribution in [-0.2, 0) is 62.7 Å². The minimum absolute atomic E-state index is 0.0208. The molecular weight excluding hydrogens is 1000 g/mol. The molecule has 4 amide bonds. The van der Waals surface area contributed by atoms with E-state index in [1.165, 1.54) is 22.6 Å². The Kier molecular flexibility index (Phi) is 23.2. The van der Waals surface area contributed by atoms with Crippen molar-refractivity contribution < 1.29 is 42.9 Å². The van der Waals surface area contributed by atoms with Crippen LogP contribution in [0.15, 0.2) is 170 Å². The van der Waals surface area contributed by atoms with Crippen LogP contribution in [0.25, 0.3) is 4.85 Å². The summed E-state index contributed by atoms with van der Waals surface area (Å²) in [5, 5.41) is 9.34. The highest BCUT2D eigenvalue weighted by Crippen LogP contribution is 2.25. The molecule has 13 nitrogen and oxygen atoms in total. The Balaban J connectivity index is 0.000000207. The maximum absolute atomic E-state index is 13.3. The van der Waals surface area contributed by atoms with E-state index in [-0.39, 0.29) is 50.0 Å². The number of hydrogen-bond donors (Lipinski definition) is 0. The molecule has 14 heteroatoms. The minimum Gasteiger partial charge on any atom is -0.489 e. The number of hydrogen-bond acceptors (Lipinski definition) is 10. The molecular formula is C60H61BrN4O9. The van der Waals surface area contributed by atoms with Crippen molar-refractivity contribution in [3.8, 4) is 17.6 Å². The quantitative estimate of drug-likeness (QED) is 0.0491. The van der Waals surface area contributed by atoms with E-state index < -0.39 is 18.1 Å². The van der Waals surface area contributed by atoms with Crippen molar-refractivity contribution in [3.63, 3.8) is 0 Å². The molecule has 0 N–H and O–H groups in total. The molecule has 382 valence electrons. The highest BCUT2D eigenvalue weighted by atomic mass is 79.9. The average molecular weight is 1060 g/mol. The second-order valence-electron chi connectivity index (χ2n) is 17.5. The van der Waals surface area contributed by atoms with Crippen LogP contribution in [0.4, 0.5) is 9.59 Å². The van der Waals surface area contributed by atoms with E-state index in [2.05, 4.69) is 26.8 Å². The zero-order valence-electron chi connectivity index (χ0n) is 41.3. The van der Waals surface area contributed by atoms with Gasteiger partial charge in [0.25, 0.3) is 5.45 Å². The van der Waals surface area contributed by atoms with Gasteiger partial charge in [0.05, 0.1) is 24.1 Å². The van der Waals surface area contributed by atoms with E-state index in [0.29, 0.717) is 44.4 Å². The molecule has 9 rings (SSSR count). The number of amides is 4. The van der Waals surface area contributed by atoms with Crippen molar-refractivity contribution in [1.29, 1.82) is 5.26 Å². The number of halogens is 1. The number of imide groups is 2. The zero-order chi connectivity index (χ0) is 52.2. The van der Waals surface area contributed by atoms with Gasteiger partial charge in [-0.25, -0.2) is 26.0 Å². The van der Waals surface area contributed by atoms with Gasteiger partial charge in [0.2, 0.25) is 11.8 Å². The van der Waals surface area contributed by atoms with Crippen molar-refractivity contribution >= 4 is 39.9 Å². The third kappa shape index (κ3) is 18.4. The number of ether oxygens (including phenoxy) is 5. The third-order valence-electron chi connectivity index (χ3n) is 12.1. The molecule has 3 saturated heterocycles. The highest BCUT2D eigenvalue weighted by Gasteiger charge is 2.41. The lowest BCUT2D eigenvalue weighted by Gasteiger charge is -2.24. The number of rotatable bonds is 17. The summed E-state index contributed by atoms with van der Waals surface area (Å²) < 4.78 is 26.9. The summed E-state index contributed by atoms with van der Waals surface area (Å²) in [4.78, 5) is 56.0. The fraction of sp³-hybridized carbons (Fsp3) is 0.300. The number of nitrogens with zero attached hydrogens (tertiary/aromatic N) is 4. The number of alkyl halides is 1. The standard InChI is InChI=1S/C28H26N2O4.C26H25NO4.C4H8O.C2H2BrN/c29-16-15-24(17-22-11-13-26(14-12-22)33-19-23-9-5-2-6-10-23)27(31)30-25(20-34-28(30)32)18-21-7-3-1-4-8-21;28-25(27-23(19-31-26(27)29)17-21-7-3-1-4-8-21)16-13-20-11-14-24(15-12-20)30-18-22-9-5-2-6-10-22;1-2-4-5-3-1;1-4-2-3/h1-14,24-25H,15,17-20H2;1-12,14-15,23H,13,16-19H2;1-4H2;2H2/t24-,25-;23-;;/m00../s1. The maximum Gasteiger partial charge on any atom is 0.416 e. The van der Waals surface area contributed by atoms with Gasteiger partial charge < -0.3 is 28.5 Å². The van der Waals surface area contributed by atoms with Gasteiger partial charge in [-0.1, -0.05) is 146 Å². The summed E-state index contributed by atoms with van der Waals surface area (Å²) in [6.45, 7) is 9.41. The number of benzene rings is 6. The van der Waals surface area contributed by atoms with E-state index in [1.54, 1.807) is 0 Å². The molecule has 6 aromatic rings. The third-order valence-corrected chi connectivity index (χ3v) is 12.3. The van der Waals surface area contributed by atoms with Gasteiger partial charge >= 0.3 is 12.2 Å². The van der Waals surface area contributed by atoms with Crippen LogP contribution < -0.4 is 9.47 Å². The molecule has 0 aromatic heterocycles. The van der Waals surface area contributed by atoms with Gasteiger partial charge in [-0.2, -0.15) is 5.26 Å². The van der Waals surface area contributed by atoms with Crippen LogP contribution in [0.2, 0.25) is 0 Å². The van der Waals surface area contributed by atoms with Crippen molar-refractivity contribution in [2.75, 3.05) is 31.9 Å². The molecule has 3 atom stereocenters. The molecule has 74 heavy (non-hydrogen) atoms. The van der Waals surface area contributed by atoms with Gasteiger partial charge in [-0.3, -0.25) is 9.59 Å². The Morgan fingerprint density at radius 2 is 1.04 bits per heavy atom. The highest BCUT2D eigenvalue weighted by molar-refractivity contribution is 9.09. The molecule has 0 radical (unpaired) electrons. The fourth-order valence-electron chi connectivity index (χ4n) is 8.25. The Morgan fingerprint density at radius 3 is 1.46 bits per heavy atom. The SMILES string of the molecule is C1CCOC1.N#CC[C@@H](Cc1ccc(OCc2ccccc2)cc1)C(=O)N1C(=O)OC[C@@H]1Cc1ccccc1.O=C(CCc1ccc(OCc2ccccc2)cc1)N1C(=O)OC[C@@H]1Cc1ccccc1.[C-]#[N+]CBr. The lowest BCUT2D eigenvalue weighted by molar-refractivity contribution is -0.133. The van der Waals surface area contributed by atoms with Gasteiger partial charge in [0.15, 0.2) is 0 Å². The van der Waals surface area contributed by atoms with Crippen LogP contribution in [0.3, 0.4) is 0 Å². The van der Waals surface area contributed by atoms with E-state index in [0.717, 1.165) is 58.1 Å². The Hall–Kier alpha value is -7.78. The predicted molar refractivity (Wildman–Crippen MR) is 285 cm³/mol. The monoisotopic (exact) mass is 1060 g/mol. The molecule has 3 aliphatic heterocycles. The van der Waals surface area contributed by atoms with Crippen molar-refractivity contribution in [2.24, 2.45) is 5.92 Å². The molecule has 0 saturated carbocycles. The first-order valence-corrected chi connectivity index (χ1v) is 25.8. The average Bonchev–Trinajstić information content (AvgIpc) is 4.24. The van der Waals surface area contributed by atoms with Crippen molar-refractivity contribution in [2.45, 2.75) is 76.7 Å². The molecule has 3 aliphatic rings. The summed E-state index contributed by atoms with van der Waals surface area (Å²) in [5.74, 6) is 0.305. The molecule has 3 fully saturated rings. The first kappa shape index (κ1) is 55.5. The smallest absolute Gasteiger partial charge is 0.416 e. The number of cyclic esters (lactones) is 2. The Morgan fingerprint density at radius 1 is 0.622 bits per heavy atom. The maximum atomic E-state index is 13.3. The summed E-state index contributed by atoms with van der Waals surface area (Å²) in [6, 6.07) is 56.1. The normalized spacial score (nSPS) is 15.7. The number of nitriles is 1. The first-order valence-electron chi connectivity index (χ1n) is 24.7. The van der Waals surface area contributed by atoms with E-state index in [9.17, 15) is 24.4 Å². The first-order chi connectivity index (χ1) is 36.2. The van der Waals surface area contributed by atoms with E-state index in [1.807, 2.05) is 170 Å². The zero-order valence-corrected chi connectivity index (χ0v) is 42.9. The van der Waals surface area contributed by atoms with Gasteiger partial charge in [-0.15, -0.1) is 0 Å². The Bertz CT molecular complexity index is 2710. The number of carbonyl (C=O) groups excluding carboxylic acids is 4. The molecule has 0 spiro atoms.